The van der Waals surface area contributed by atoms with E-state index in [1.807, 2.05) is 24.3 Å². The molecule has 1 spiro atoms. The lowest BCUT2D eigenvalue weighted by Crippen LogP contribution is -2.29. The number of anilines is 1. The van der Waals surface area contributed by atoms with Crippen molar-refractivity contribution in [3.63, 3.8) is 0 Å². The van der Waals surface area contributed by atoms with Crippen molar-refractivity contribution in [2.75, 3.05) is 12.3 Å². The molecule has 1 aromatic carbocycles. The molecule has 0 radical (unpaired) electrons. The fourth-order valence-electron chi connectivity index (χ4n) is 2.24. The molecule has 1 saturated carbocycles. The van der Waals surface area contributed by atoms with Gasteiger partial charge in [-0.3, -0.25) is 0 Å². The number of carbonyl (C=O) groups is 1. The van der Waals surface area contributed by atoms with E-state index in [-0.39, 0.29) is 11.6 Å². The van der Waals surface area contributed by atoms with E-state index in [1.165, 1.54) is 5.56 Å². The van der Waals surface area contributed by atoms with Gasteiger partial charge in [0.2, 0.25) is 0 Å². The maximum atomic E-state index is 11.0. The number of carbonyl (C=O) groups excluding carboxylic acids is 1. The van der Waals surface area contributed by atoms with Crippen LogP contribution in [0.4, 0.5) is 10.5 Å². The predicted molar refractivity (Wildman–Crippen MR) is 55.4 cm³/mol. The van der Waals surface area contributed by atoms with Gasteiger partial charge in [-0.25, -0.2) is 4.79 Å². The first-order valence-corrected chi connectivity index (χ1v) is 5.00. The molecule has 1 unspecified atom stereocenters. The molecule has 4 nitrogen and oxygen atoms in total. The van der Waals surface area contributed by atoms with Crippen LogP contribution < -0.4 is 11.1 Å². The summed E-state index contributed by atoms with van der Waals surface area (Å²) in [4.78, 5) is 11.0. The molecule has 0 bridgehead atoms. The molecule has 0 aromatic heterocycles. The van der Waals surface area contributed by atoms with Gasteiger partial charge in [0, 0.05) is 11.6 Å². The van der Waals surface area contributed by atoms with Gasteiger partial charge in [-0.1, -0.05) is 12.1 Å². The van der Waals surface area contributed by atoms with Crippen LogP contribution in [-0.4, -0.2) is 18.2 Å². The lowest BCUT2D eigenvalue weighted by molar-refractivity contribution is 0.176. The Morgan fingerprint density at radius 1 is 1.40 bits per heavy atom. The van der Waals surface area contributed by atoms with E-state index in [4.69, 9.17) is 10.5 Å². The molecule has 3 N–H and O–H groups in total. The standard InChI is InChI=1S/C11H12N2O2/c12-8-3-1-7(2-4-8)9-5-11(9)6-15-10(14)13-11/h1-4,9H,5-6,12H2,(H,13,14)/t9-,11?/m0/s1. The lowest BCUT2D eigenvalue weighted by atomic mass is 10.1. The Morgan fingerprint density at radius 3 is 2.73 bits per heavy atom. The average Bonchev–Trinajstić information content (AvgIpc) is 2.78. The summed E-state index contributed by atoms with van der Waals surface area (Å²) in [6, 6.07) is 7.80. The van der Waals surface area contributed by atoms with Gasteiger partial charge < -0.3 is 15.8 Å². The molecule has 1 aromatic rings. The Morgan fingerprint density at radius 2 is 2.13 bits per heavy atom. The summed E-state index contributed by atoms with van der Waals surface area (Å²) in [5, 5.41) is 2.88. The van der Waals surface area contributed by atoms with Crippen LogP contribution in [0.25, 0.3) is 0 Å². The zero-order valence-corrected chi connectivity index (χ0v) is 8.19. The van der Waals surface area contributed by atoms with Crippen molar-refractivity contribution in [2.24, 2.45) is 0 Å². The zero-order chi connectivity index (χ0) is 10.5. The highest BCUT2D eigenvalue weighted by Crippen LogP contribution is 2.53. The molecule has 78 valence electrons. The molecule has 1 aliphatic heterocycles. The van der Waals surface area contributed by atoms with Gasteiger partial charge in [0.1, 0.15) is 6.61 Å². The normalized spacial score (nSPS) is 32.5. The monoisotopic (exact) mass is 204 g/mol. The summed E-state index contributed by atoms with van der Waals surface area (Å²) in [6.45, 7) is 0.487. The first-order chi connectivity index (χ1) is 7.20. The second kappa shape index (κ2) is 2.66. The molecular formula is C11H12N2O2. The first-order valence-electron chi connectivity index (χ1n) is 5.00. The summed E-state index contributed by atoms with van der Waals surface area (Å²) < 4.78 is 4.93. The number of rotatable bonds is 1. The molecule has 4 heteroatoms. The van der Waals surface area contributed by atoms with Gasteiger partial charge >= 0.3 is 6.09 Å². The van der Waals surface area contributed by atoms with E-state index < -0.39 is 0 Å². The Kier molecular flexibility index (Phi) is 1.52. The summed E-state index contributed by atoms with van der Waals surface area (Å²) in [5.74, 6) is 0.379. The van der Waals surface area contributed by atoms with Crippen LogP contribution in [0.3, 0.4) is 0 Å². The number of nitrogens with one attached hydrogen (secondary N) is 1. The number of hydrogen-bond donors (Lipinski definition) is 2. The Bertz CT molecular complexity index is 415. The third kappa shape index (κ3) is 1.25. The minimum Gasteiger partial charge on any atom is -0.447 e. The summed E-state index contributed by atoms with van der Waals surface area (Å²) >= 11 is 0. The van der Waals surface area contributed by atoms with E-state index in [0.29, 0.717) is 12.5 Å². The number of benzene rings is 1. The Labute approximate surface area is 87.4 Å². The fourth-order valence-corrected chi connectivity index (χ4v) is 2.24. The molecule has 1 amide bonds. The molecule has 1 saturated heterocycles. The molecule has 15 heavy (non-hydrogen) atoms. The fraction of sp³-hybridized carbons (Fsp3) is 0.364. The Hall–Kier alpha value is -1.71. The highest BCUT2D eigenvalue weighted by Gasteiger charge is 2.60. The number of nitrogens with two attached hydrogens (primary N) is 1. The van der Waals surface area contributed by atoms with Gasteiger partial charge in [0.15, 0.2) is 0 Å². The van der Waals surface area contributed by atoms with Gasteiger partial charge in [0.05, 0.1) is 5.54 Å². The van der Waals surface area contributed by atoms with Crippen molar-refractivity contribution in [3.05, 3.63) is 29.8 Å². The highest BCUT2D eigenvalue weighted by atomic mass is 16.6. The van der Waals surface area contributed by atoms with Crippen LogP contribution in [0.1, 0.15) is 17.9 Å². The molecule has 2 fully saturated rings. The third-order valence-corrected chi connectivity index (χ3v) is 3.23. The maximum Gasteiger partial charge on any atom is 0.407 e. The zero-order valence-electron chi connectivity index (χ0n) is 8.19. The van der Waals surface area contributed by atoms with Crippen molar-refractivity contribution in [1.82, 2.24) is 5.32 Å². The molecule has 1 aliphatic carbocycles. The minimum atomic E-state index is -0.298. The minimum absolute atomic E-state index is 0.132. The van der Waals surface area contributed by atoms with Crippen LogP contribution in [0, 0.1) is 0 Å². The summed E-state index contributed by atoms with van der Waals surface area (Å²) in [5.41, 5.74) is 7.47. The van der Waals surface area contributed by atoms with E-state index in [2.05, 4.69) is 5.32 Å². The van der Waals surface area contributed by atoms with Crippen molar-refractivity contribution >= 4 is 11.8 Å². The van der Waals surface area contributed by atoms with Gasteiger partial charge in [-0.15, -0.1) is 0 Å². The molecule has 3 rings (SSSR count). The SMILES string of the molecule is Nc1ccc([C@@H]2CC23COC(=O)N3)cc1. The number of alkyl carbamates (subject to hydrolysis) is 1. The molecular weight excluding hydrogens is 192 g/mol. The average molecular weight is 204 g/mol. The van der Waals surface area contributed by atoms with Crippen molar-refractivity contribution in [3.8, 4) is 0 Å². The van der Waals surface area contributed by atoms with E-state index in [0.717, 1.165) is 12.1 Å². The van der Waals surface area contributed by atoms with Crippen LogP contribution in [0.15, 0.2) is 24.3 Å². The molecule has 1 heterocycles. The summed E-state index contributed by atoms with van der Waals surface area (Å²) in [7, 11) is 0. The number of hydrogen-bond acceptors (Lipinski definition) is 3. The van der Waals surface area contributed by atoms with Gasteiger partial charge in [-0.05, 0) is 24.1 Å². The quantitative estimate of drug-likeness (QED) is 0.676. The van der Waals surface area contributed by atoms with Crippen LogP contribution >= 0.6 is 0 Å². The number of cyclic esters (lactones) is 1. The van der Waals surface area contributed by atoms with Crippen LogP contribution in [-0.2, 0) is 4.74 Å². The van der Waals surface area contributed by atoms with Crippen LogP contribution in [0.5, 0.6) is 0 Å². The van der Waals surface area contributed by atoms with E-state index in [9.17, 15) is 4.79 Å². The first kappa shape index (κ1) is 8.59. The van der Waals surface area contributed by atoms with Gasteiger partial charge in [0.25, 0.3) is 0 Å². The largest absolute Gasteiger partial charge is 0.447 e. The maximum absolute atomic E-state index is 11.0. The second-order valence-corrected chi connectivity index (χ2v) is 4.28. The second-order valence-electron chi connectivity index (χ2n) is 4.28. The van der Waals surface area contributed by atoms with E-state index >= 15 is 0 Å². The smallest absolute Gasteiger partial charge is 0.407 e. The van der Waals surface area contributed by atoms with E-state index in [1.54, 1.807) is 0 Å². The topological polar surface area (TPSA) is 64.3 Å². The summed E-state index contributed by atoms with van der Waals surface area (Å²) in [6.07, 6.45) is 0.663. The third-order valence-electron chi connectivity index (χ3n) is 3.23. The predicted octanol–water partition coefficient (Wildman–Crippen LogP) is 1.23. The van der Waals surface area contributed by atoms with Crippen molar-refractivity contribution in [1.29, 1.82) is 0 Å². The number of nitrogen functional groups attached to an aromatic ring is 1. The van der Waals surface area contributed by atoms with Crippen molar-refractivity contribution in [2.45, 2.75) is 17.9 Å². The highest BCUT2D eigenvalue weighted by molar-refractivity contribution is 5.72. The molecule has 2 atom stereocenters. The number of ether oxygens (including phenoxy) is 1. The van der Waals surface area contributed by atoms with Crippen LogP contribution in [0.2, 0.25) is 0 Å². The Balaban J connectivity index is 1.82. The lowest BCUT2D eigenvalue weighted by Gasteiger charge is -2.06. The number of amides is 1. The van der Waals surface area contributed by atoms with Crippen molar-refractivity contribution < 1.29 is 9.53 Å². The van der Waals surface area contributed by atoms with Gasteiger partial charge in [-0.2, -0.15) is 0 Å². The molecule has 2 aliphatic rings.